The monoisotopic (exact) mass is 519 g/mol. The van der Waals surface area contributed by atoms with Gasteiger partial charge in [0.1, 0.15) is 0 Å². The van der Waals surface area contributed by atoms with Gasteiger partial charge in [0.2, 0.25) is 0 Å². The van der Waals surface area contributed by atoms with Gasteiger partial charge in [-0.15, -0.1) is 0 Å². The summed E-state index contributed by atoms with van der Waals surface area (Å²) in [6, 6.07) is 0. The maximum Gasteiger partial charge on any atom is -1.00 e. The van der Waals surface area contributed by atoms with Crippen molar-refractivity contribution in [3.8, 4) is 0 Å². The number of allylic oxidation sites excluding steroid dienone is 7. The summed E-state index contributed by atoms with van der Waals surface area (Å²) in [6.45, 7) is 22.0. The van der Waals surface area contributed by atoms with Crippen molar-refractivity contribution in [3.05, 3.63) is 44.5 Å². The van der Waals surface area contributed by atoms with E-state index in [-0.39, 0.29) is 40.0 Å². The molecule has 169 valence electrons. The molecule has 2 aliphatic rings. The van der Waals surface area contributed by atoms with Crippen molar-refractivity contribution in [3.63, 3.8) is 0 Å². The quantitative estimate of drug-likeness (QED) is 0.382. The third-order valence-corrected chi connectivity index (χ3v) is 15.3. The molecule has 1 atom stereocenters. The van der Waals surface area contributed by atoms with E-state index in [2.05, 4.69) is 118 Å². The normalized spacial score (nSPS) is 22.4. The molecule has 0 aromatic rings. The molecule has 0 spiro atoms. The number of hydrogen-bond acceptors (Lipinski definition) is 1. The zero-order valence-corrected chi connectivity index (χ0v) is 25.4. The van der Waals surface area contributed by atoms with Crippen molar-refractivity contribution in [2.24, 2.45) is 10.8 Å². The number of thioether (sulfide) groups is 1. The molecule has 0 aliphatic heterocycles. The zero-order chi connectivity index (χ0) is 21.4. The van der Waals surface area contributed by atoms with Crippen LogP contribution in [0.4, 0.5) is 0 Å². The van der Waals surface area contributed by atoms with Crippen LogP contribution in [-0.2, 0) is 20.4 Å². The summed E-state index contributed by atoms with van der Waals surface area (Å²) in [4.78, 5) is 0. The van der Waals surface area contributed by atoms with E-state index in [0.717, 1.165) is 6.42 Å². The molecule has 0 radical (unpaired) electrons. The molecule has 30 heavy (non-hydrogen) atoms. The summed E-state index contributed by atoms with van der Waals surface area (Å²) in [5.74, 6) is 1.27. The van der Waals surface area contributed by atoms with Gasteiger partial charge in [-0.1, -0.05) is 0 Å². The molecule has 1 unspecified atom stereocenters. The van der Waals surface area contributed by atoms with E-state index < -0.39 is 8.07 Å². The smallest absolute Gasteiger partial charge is 1.00 e. The molecule has 0 N–H and O–H groups in total. The van der Waals surface area contributed by atoms with Crippen LogP contribution in [0.25, 0.3) is 0 Å². The number of hydrogen-bond donors (Lipinski definition) is 0. The van der Waals surface area contributed by atoms with Crippen LogP contribution in [0, 0.1) is 10.8 Å². The number of rotatable bonds is 6. The second-order valence-corrected chi connectivity index (χ2v) is 18.4. The van der Waals surface area contributed by atoms with E-state index in [9.17, 15) is 0 Å². The van der Waals surface area contributed by atoms with Crippen LogP contribution in [0.15, 0.2) is 44.5 Å². The first kappa shape index (κ1) is 30.8. The Bertz CT molecular complexity index is 720. The van der Waals surface area contributed by atoms with E-state index in [1.807, 2.05) is 0 Å². The van der Waals surface area contributed by atoms with Gasteiger partial charge >= 0.3 is 193 Å². The first-order valence-electron chi connectivity index (χ1n) is 11.0. The summed E-state index contributed by atoms with van der Waals surface area (Å²) in [6.07, 6.45) is 15.0. The Morgan fingerprint density at radius 3 is 2.10 bits per heavy atom. The van der Waals surface area contributed by atoms with E-state index in [0.29, 0.717) is 0 Å². The minimum Gasteiger partial charge on any atom is -1.00 e. The third-order valence-electron chi connectivity index (χ3n) is 6.48. The van der Waals surface area contributed by atoms with Crippen LogP contribution in [-0.4, -0.2) is 18.2 Å². The standard InChI is InChI=1S/C25H41SSi.2ClH.Ti/c1-10-11-18-26-25(27(8,9)21-14-12-13-15-21)17-16-20(23(2,3)4)19-22(25)24(5,6)7;;;/h12,14,16,19H,10-11,13,17-18H2,1-9H3;2*1H;/q;;;+2/p-2. The average molecular weight is 521 g/mol. The Morgan fingerprint density at radius 1 is 1.07 bits per heavy atom. The van der Waals surface area contributed by atoms with Gasteiger partial charge in [0.25, 0.3) is 0 Å². The Balaban J connectivity index is 0.00000420. The van der Waals surface area contributed by atoms with Crippen molar-refractivity contribution in [1.82, 2.24) is 0 Å². The van der Waals surface area contributed by atoms with E-state index >= 15 is 0 Å². The van der Waals surface area contributed by atoms with Crippen LogP contribution in [0.2, 0.25) is 13.1 Å². The second-order valence-electron chi connectivity index (χ2n) is 11.1. The summed E-state index contributed by atoms with van der Waals surface area (Å²) < 4.78 is 1.87. The summed E-state index contributed by atoms with van der Waals surface area (Å²) >= 11 is 4.66. The summed E-state index contributed by atoms with van der Waals surface area (Å²) in [7, 11) is -1.75. The molecule has 0 amide bonds. The molecule has 0 bridgehead atoms. The first-order valence-corrected chi connectivity index (χ1v) is 15.7. The van der Waals surface area contributed by atoms with E-state index in [1.165, 1.54) is 30.6 Å². The summed E-state index contributed by atoms with van der Waals surface area (Å²) in [5.41, 5.74) is 3.63. The average Bonchev–Trinajstić information content (AvgIpc) is 3.00. The van der Waals surface area contributed by atoms with Gasteiger partial charge in [-0.2, -0.15) is 0 Å². The molecule has 0 saturated heterocycles. The third kappa shape index (κ3) is 6.23. The van der Waals surface area contributed by atoms with Crippen LogP contribution in [0.1, 0.15) is 74.1 Å². The molecular formula is C25H41Cl2SSiTi. The molecule has 0 nitrogen and oxygen atoms in total. The van der Waals surface area contributed by atoms with Crippen LogP contribution in [0.3, 0.4) is 0 Å². The van der Waals surface area contributed by atoms with Gasteiger partial charge in [-0.25, -0.2) is 0 Å². The minimum absolute atomic E-state index is 0. The van der Waals surface area contributed by atoms with Gasteiger partial charge < -0.3 is 24.8 Å². The molecule has 0 heterocycles. The molecule has 0 saturated carbocycles. The molecule has 2 aliphatic carbocycles. The summed E-state index contributed by atoms with van der Waals surface area (Å²) in [5, 5.41) is 1.71. The number of halogens is 2. The molecule has 0 aromatic carbocycles. The SMILES string of the molecule is CCCCSC1([Si](C)(C)C2=[C]([Ti+2])CC=C2)CC=C(C(C)(C)C)C=C1C(C)(C)C.[Cl-].[Cl-]. The fraction of sp³-hybridized carbons (Fsp3) is 0.680. The topological polar surface area (TPSA) is 0 Å². The first-order chi connectivity index (χ1) is 12.8. The predicted octanol–water partition coefficient (Wildman–Crippen LogP) is 2.16. The van der Waals surface area contributed by atoms with Gasteiger partial charge in [0, 0.05) is 0 Å². The predicted molar refractivity (Wildman–Crippen MR) is 128 cm³/mol. The van der Waals surface area contributed by atoms with Crippen LogP contribution in [0.5, 0.6) is 0 Å². The zero-order valence-electron chi connectivity index (χ0n) is 20.5. The molecule has 0 fully saturated rings. The van der Waals surface area contributed by atoms with Gasteiger partial charge in [0.05, 0.1) is 0 Å². The molecule has 0 aromatic heterocycles. The van der Waals surface area contributed by atoms with Gasteiger partial charge in [-0.3, -0.25) is 0 Å². The van der Waals surface area contributed by atoms with Crippen molar-refractivity contribution in [1.29, 1.82) is 0 Å². The Morgan fingerprint density at radius 2 is 1.67 bits per heavy atom. The van der Waals surface area contributed by atoms with Crippen molar-refractivity contribution in [2.75, 3.05) is 5.75 Å². The number of unbranched alkanes of at least 4 members (excludes halogenated alkanes) is 1. The minimum atomic E-state index is -1.75. The van der Waals surface area contributed by atoms with Gasteiger partial charge in [-0.05, 0) is 0 Å². The molecule has 2 rings (SSSR count). The molecule has 5 heteroatoms. The second kappa shape index (κ2) is 11.3. The molecular weight excluding hydrogens is 479 g/mol. The van der Waals surface area contributed by atoms with Crippen molar-refractivity contribution < 1.29 is 45.2 Å². The Kier molecular flexibility index (Phi) is 11.6. The van der Waals surface area contributed by atoms with Crippen molar-refractivity contribution >= 4 is 19.8 Å². The Hall–Kier alpha value is 0.821. The van der Waals surface area contributed by atoms with Crippen LogP contribution >= 0.6 is 11.8 Å². The van der Waals surface area contributed by atoms with E-state index in [1.54, 1.807) is 14.6 Å². The fourth-order valence-electron chi connectivity index (χ4n) is 4.65. The van der Waals surface area contributed by atoms with Crippen LogP contribution < -0.4 is 24.8 Å². The fourth-order valence-corrected chi connectivity index (χ4v) is 13.6. The largest absolute Gasteiger partial charge is 1.00 e. The maximum absolute atomic E-state index is 2.65. The maximum atomic E-state index is 2.65. The van der Waals surface area contributed by atoms with E-state index in [4.69, 9.17) is 0 Å². The van der Waals surface area contributed by atoms with Gasteiger partial charge in [0.15, 0.2) is 0 Å². The van der Waals surface area contributed by atoms with Crippen molar-refractivity contribution in [2.45, 2.75) is 91.6 Å². The Labute approximate surface area is 216 Å².